The van der Waals surface area contributed by atoms with E-state index in [9.17, 15) is 22.8 Å². The van der Waals surface area contributed by atoms with Crippen LogP contribution in [0.5, 0.6) is 0 Å². The number of hydrogen-bond acceptors (Lipinski definition) is 12. The number of amides is 2. The molecule has 3 aliphatic rings. The van der Waals surface area contributed by atoms with Crippen LogP contribution in [0.1, 0.15) is 82.9 Å². The fourth-order valence-electron chi connectivity index (χ4n) is 8.37. The number of carbonyl (C=O) groups excluding carboxylic acids is 3. The molecule has 6 bridgehead atoms. The number of hydrogen-bond donors (Lipinski definition) is 2. The maximum Gasteiger partial charge on any atom is 0.324 e. The van der Waals surface area contributed by atoms with Gasteiger partial charge in [-0.3, -0.25) is 24.4 Å². The van der Waals surface area contributed by atoms with Crippen LogP contribution in [-0.4, -0.2) is 91.0 Å². The molecule has 1 saturated heterocycles. The summed E-state index contributed by atoms with van der Waals surface area (Å²) in [5.74, 6) is -1.29. The van der Waals surface area contributed by atoms with Crippen LogP contribution >= 0.6 is 11.3 Å². The van der Waals surface area contributed by atoms with Gasteiger partial charge in [-0.1, -0.05) is 33.8 Å². The number of carbonyl (C=O) groups is 3. The van der Waals surface area contributed by atoms with Crippen LogP contribution in [0.25, 0.3) is 33.4 Å². The Morgan fingerprint density at radius 1 is 1.19 bits per heavy atom. The molecule has 3 aromatic heterocycles. The Hall–Kier alpha value is -4.22. The monoisotopic (exact) mass is 834 g/mol. The molecule has 14 nitrogen and oxygen atoms in total. The van der Waals surface area contributed by atoms with Gasteiger partial charge in [0.25, 0.3) is 5.91 Å². The third kappa shape index (κ3) is 8.44. The summed E-state index contributed by atoms with van der Waals surface area (Å²) in [6.07, 6.45) is 2.98. The van der Waals surface area contributed by atoms with Gasteiger partial charge in [-0.2, -0.15) is 0 Å². The number of pyridine rings is 1. The Balaban J connectivity index is 1.43. The topological polar surface area (TPSA) is 171 Å². The summed E-state index contributed by atoms with van der Waals surface area (Å²) < 4.78 is 46.2. The highest BCUT2D eigenvalue weighted by Gasteiger charge is 2.50. The lowest BCUT2D eigenvalue weighted by atomic mass is 9.84. The number of esters is 1. The van der Waals surface area contributed by atoms with Crippen molar-refractivity contribution >= 4 is 49.9 Å². The SMILES string of the molecule is CCO[C@@H]1c2nc(cs2)-c2ccc3c(c2)c(c(-c2cccnc2[C@H](C)OC)n3CS(C)(=O)=O)CC(C)(C)COC(=O)[C@@H]2CCCN(N2)C(=O)[C@H]1NC(=O)[C@H]1[C@H](C)[C@@H]1C. The van der Waals surface area contributed by atoms with E-state index in [1.54, 1.807) is 13.3 Å². The number of fused-ring (bicyclic) bond motifs is 6. The fraction of sp³-hybridized carbons (Fsp3) is 0.548. The van der Waals surface area contributed by atoms with E-state index < -0.39 is 51.4 Å². The van der Waals surface area contributed by atoms with E-state index in [4.69, 9.17) is 24.2 Å². The molecule has 0 spiro atoms. The highest BCUT2D eigenvalue weighted by molar-refractivity contribution is 7.89. The van der Waals surface area contributed by atoms with Gasteiger partial charge in [0.15, 0.2) is 9.84 Å². The number of rotatable bonds is 9. The molecule has 2 N–H and O–H groups in total. The van der Waals surface area contributed by atoms with Crippen LogP contribution in [-0.2, 0) is 50.7 Å². The van der Waals surface area contributed by atoms with E-state index in [1.165, 1.54) is 22.6 Å². The molecule has 0 radical (unpaired) electrons. The standard InChI is InChI=1S/C42H54N6O8S2/c1-9-55-37-35(45-38(49)33-23(2)24(33)3)40(50)48-17-11-13-30(46-48)41(51)56-21-42(5,6)19-29-28-18-26(31-20-57-39(37)44-31)14-15-32(28)47(22-58(8,52)53)36(29)27-12-10-16-43-34(27)25(4)54-7/h10,12,14-16,18,20,23-25,30,33,35,37,46H,9,11,13,17,19,21-22H2,1-8H3,(H,45,49)/t23-,24+,25-,30-,33+,35-,37-/m0/s1. The first-order valence-corrected chi connectivity index (χ1v) is 22.9. The smallest absolute Gasteiger partial charge is 0.324 e. The lowest BCUT2D eigenvalue weighted by Gasteiger charge is -2.37. The molecule has 1 aliphatic carbocycles. The average Bonchev–Trinajstić information content (AvgIpc) is 3.47. The number of aromatic nitrogens is 3. The van der Waals surface area contributed by atoms with Crippen molar-refractivity contribution in [1.82, 2.24) is 30.3 Å². The molecule has 16 heteroatoms. The van der Waals surface area contributed by atoms with Crippen molar-refractivity contribution < 1.29 is 37.0 Å². The van der Waals surface area contributed by atoms with Gasteiger partial charge in [0.2, 0.25) is 5.91 Å². The molecule has 0 unspecified atom stereocenters. The summed E-state index contributed by atoms with van der Waals surface area (Å²) in [6, 6.07) is 7.67. The number of nitrogens with zero attached hydrogens (tertiary/aromatic N) is 4. The van der Waals surface area contributed by atoms with Crippen LogP contribution in [0.2, 0.25) is 0 Å². The van der Waals surface area contributed by atoms with Crippen molar-refractivity contribution in [2.75, 3.05) is 33.1 Å². The predicted molar refractivity (Wildman–Crippen MR) is 221 cm³/mol. The first-order chi connectivity index (χ1) is 27.5. The van der Waals surface area contributed by atoms with E-state index in [2.05, 4.69) is 10.7 Å². The van der Waals surface area contributed by atoms with Gasteiger partial charge in [-0.05, 0) is 74.8 Å². The Kier molecular flexibility index (Phi) is 11.9. The molecule has 2 amide bonds. The zero-order valence-corrected chi connectivity index (χ0v) is 36.0. The van der Waals surface area contributed by atoms with Crippen LogP contribution in [0.3, 0.4) is 0 Å². The minimum Gasteiger partial charge on any atom is -0.464 e. The van der Waals surface area contributed by atoms with E-state index in [1.807, 2.05) is 81.8 Å². The predicted octanol–water partition coefficient (Wildman–Crippen LogP) is 5.62. The fourth-order valence-corrected chi connectivity index (χ4v) is 10.0. The molecular weight excluding hydrogens is 781 g/mol. The summed E-state index contributed by atoms with van der Waals surface area (Å²) in [7, 11) is -1.94. The molecule has 58 heavy (non-hydrogen) atoms. The minimum absolute atomic E-state index is 0.0442. The summed E-state index contributed by atoms with van der Waals surface area (Å²) in [5, 5.41) is 7.68. The lowest BCUT2D eigenvalue weighted by molar-refractivity contribution is -0.156. The first kappa shape index (κ1) is 41.9. The quantitative estimate of drug-likeness (QED) is 0.201. The number of hydrazine groups is 1. The Morgan fingerprint density at radius 3 is 2.64 bits per heavy atom. The summed E-state index contributed by atoms with van der Waals surface area (Å²) >= 11 is 1.33. The maximum atomic E-state index is 14.5. The molecule has 312 valence electrons. The zero-order chi connectivity index (χ0) is 41.7. The second-order valence-electron chi connectivity index (χ2n) is 16.8. The molecule has 2 aliphatic heterocycles. The number of methoxy groups -OCH3 is 1. The summed E-state index contributed by atoms with van der Waals surface area (Å²) in [6.45, 7) is 12.4. The minimum atomic E-state index is -3.55. The number of cyclic esters (lactones) is 1. The molecule has 2 fully saturated rings. The van der Waals surface area contributed by atoms with E-state index in [-0.39, 0.29) is 42.8 Å². The first-order valence-electron chi connectivity index (χ1n) is 19.9. The molecule has 5 heterocycles. The number of sulfone groups is 1. The third-order valence-corrected chi connectivity index (χ3v) is 13.4. The molecule has 4 aromatic rings. The Labute approximate surface area is 343 Å². The second-order valence-corrected chi connectivity index (χ2v) is 19.8. The number of thiazole rings is 1. The van der Waals surface area contributed by atoms with Gasteiger partial charge in [0.1, 0.15) is 29.1 Å². The maximum absolute atomic E-state index is 14.5. The highest BCUT2D eigenvalue weighted by Crippen LogP contribution is 2.46. The van der Waals surface area contributed by atoms with E-state index >= 15 is 0 Å². The van der Waals surface area contributed by atoms with E-state index in [0.717, 1.165) is 22.1 Å². The van der Waals surface area contributed by atoms with Crippen molar-refractivity contribution in [3.63, 3.8) is 0 Å². The molecular formula is C42H54N6O8S2. The summed E-state index contributed by atoms with van der Waals surface area (Å²) in [5.41, 5.74) is 7.53. The molecule has 7 atom stereocenters. The van der Waals surface area contributed by atoms with Crippen LogP contribution in [0.4, 0.5) is 0 Å². The lowest BCUT2D eigenvalue weighted by Crippen LogP contribution is -2.61. The number of benzene rings is 1. The van der Waals surface area contributed by atoms with Gasteiger partial charge in [-0.25, -0.2) is 18.8 Å². The van der Waals surface area contributed by atoms with Crippen molar-refractivity contribution in [2.45, 2.75) is 91.0 Å². The Morgan fingerprint density at radius 2 is 1.95 bits per heavy atom. The zero-order valence-electron chi connectivity index (χ0n) is 34.4. The highest BCUT2D eigenvalue weighted by atomic mass is 32.2. The van der Waals surface area contributed by atoms with Crippen molar-refractivity contribution in [2.24, 2.45) is 23.2 Å². The van der Waals surface area contributed by atoms with E-state index in [0.29, 0.717) is 53.4 Å². The van der Waals surface area contributed by atoms with Crippen LogP contribution < -0.4 is 10.7 Å². The molecule has 7 rings (SSSR count). The van der Waals surface area contributed by atoms with Gasteiger partial charge < -0.3 is 24.1 Å². The Bertz CT molecular complexity index is 2310. The van der Waals surface area contributed by atoms with Gasteiger partial charge >= 0.3 is 5.97 Å². The molecule has 1 aromatic carbocycles. The number of ether oxygens (including phenoxy) is 3. The van der Waals surface area contributed by atoms with Gasteiger partial charge in [0.05, 0.1) is 29.8 Å². The largest absolute Gasteiger partial charge is 0.464 e. The van der Waals surface area contributed by atoms with Crippen LogP contribution in [0.15, 0.2) is 41.9 Å². The van der Waals surface area contributed by atoms with Crippen LogP contribution in [0, 0.1) is 23.2 Å². The third-order valence-electron chi connectivity index (χ3n) is 11.8. The molecule has 1 saturated carbocycles. The van der Waals surface area contributed by atoms with Gasteiger partial charge in [0, 0.05) is 71.5 Å². The van der Waals surface area contributed by atoms with Crippen molar-refractivity contribution in [3.8, 4) is 22.5 Å². The normalized spacial score (nSPS) is 25.6. The summed E-state index contributed by atoms with van der Waals surface area (Å²) in [4.78, 5) is 51.8. The van der Waals surface area contributed by atoms with Gasteiger partial charge in [-0.15, -0.1) is 11.3 Å². The number of nitrogens with one attached hydrogen (secondary N) is 2. The van der Waals surface area contributed by atoms with Crippen molar-refractivity contribution in [1.29, 1.82) is 0 Å². The van der Waals surface area contributed by atoms with Crippen molar-refractivity contribution in [3.05, 3.63) is 58.2 Å². The second kappa shape index (κ2) is 16.4. The average molecular weight is 835 g/mol.